The maximum absolute atomic E-state index is 5.86. The van der Waals surface area contributed by atoms with Crippen LogP contribution in [0, 0.1) is 6.92 Å². The molecule has 2 atom stereocenters. The van der Waals surface area contributed by atoms with Gasteiger partial charge in [0.15, 0.2) is 5.11 Å². The first-order valence-corrected chi connectivity index (χ1v) is 10.9. The molecule has 2 fully saturated rings. The molecule has 0 radical (unpaired) electrons. The van der Waals surface area contributed by atoms with Crippen LogP contribution in [0.15, 0.2) is 67.0 Å². The highest BCUT2D eigenvalue weighted by Crippen LogP contribution is 2.43. The van der Waals surface area contributed by atoms with Crippen LogP contribution in [0.2, 0.25) is 0 Å². The number of hydrogen-bond donors (Lipinski definition) is 1. The van der Waals surface area contributed by atoms with Crippen LogP contribution >= 0.6 is 12.2 Å². The summed E-state index contributed by atoms with van der Waals surface area (Å²) in [5, 5.41) is 4.46. The molecule has 3 heterocycles. The molecule has 1 N–H and O–H groups in total. The maximum atomic E-state index is 5.86. The van der Waals surface area contributed by atoms with Crippen LogP contribution in [0.4, 0.5) is 0 Å². The van der Waals surface area contributed by atoms with Crippen molar-refractivity contribution in [3.63, 3.8) is 0 Å². The Morgan fingerprint density at radius 3 is 2.52 bits per heavy atom. The van der Waals surface area contributed by atoms with Crippen molar-refractivity contribution >= 4 is 17.3 Å². The summed E-state index contributed by atoms with van der Waals surface area (Å²) >= 11 is 5.86. The molecule has 5 rings (SSSR count). The number of benzene rings is 1. The Balaban J connectivity index is 1.61. The number of nitrogens with zero attached hydrogens (tertiary/aromatic N) is 3. The summed E-state index contributed by atoms with van der Waals surface area (Å²) in [6, 6.07) is 19.9. The van der Waals surface area contributed by atoms with Gasteiger partial charge >= 0.3 is 0 Å². The molecule has 4 nitrogen and oxygen atoms in total. The lowest BCUT2D eigenvalue weighted by molar-refractivity contribution is 0.239. The first kappa shape index (κ1) is 18.4. The fraction of sp³-hybridized carbons (Fsp3) is 0.333. The van der Waals surface area contributed by atoms with Gasteiger partial charge in [0.25, 0.3) is 0 Å². The summed E-state index contributed by atoms with van der Waals surface area (Å²) in [5.74, 6) is 0. The smallest absolute Gasteiger partial charge is 0.170 e. The SMILES string of the molecule is Cc1ccc(-n2cccc2[C@@H]2[C@H](c3ccccn3)NC(=S)N2C2CCCC2)cc1. The predicted molar refractivity (Wildman–Crippen MR) is 120 cm³/mol. The maximum Gasteiger partial charge on any atom is 0.170 e. The van der Waals surface area contributed by atoms with Gasteiger partial charge in [-0.3, -0.25) is 4.98 Å². The van der Waals surface area contributed by atoms with Crippen molar-refractivity contribution in [1.82, 2.24) is 19.8 Å². The molecule has 29 heavy (non-hydrogen) atoms. The van der Waals surface area contributed by atoms with Gasteiger partial charge in [0.1, 0.15) is 0 Å². The molecule has 0 amide bonds. The molecule has 1 aliphatic heterocycles. The third-order valence-electron chi connectivity index (χ3n) is 6.25. The zero-order chi connectivity index (χ0) is 19.8. The fourth-order valence-electron chi connectivity index (χ4n) is 4.83. The number of hydrogen-bond acceptors (Lipinski definition) is 2. The molecule has 1 aliphatic carbocycles. The standard InChI is InChI=1S/C24H26N4S/c1-17-11-13-18(14-12-17)27-16-6-10-21(27)23-22(20-9-4-5-15-25-20)26-24(29)28(23)19-7-2-3-8-19/h4-6,9-16,19,22-23H,2-3,7-8H2,1H3,(H,26,29)/t22-,23+/m0/s1. The minimum atomic E-state index is 0.0448. The number of pyridine rings is 1. The average molecular weight is 403 g/mol. The quantitative estimate of drug-likeness (QED) is 0.616. The number of thiocarbonyl (C=S) groups is 1. The number of aryl methyl sites for hydroxylation is 1. The van der Waals surface area contributed by atoms with Crippen LogP contribution in [-0.2, 0) is 0 Å². The molecule has 1 aromatic carbocycles. The van der Waals surface area contributed by atoms with Crippen LogP contribution in [0.5, 0.6) is 0 Å². The van der Waals surface area contributed by atoms with Gasteiger partial charge in [-0.05, 0) is 68.4 Å². The van der Waals surface area contributed by atoms with E-state index in [4.69, 9.17) is 12.2 Å². The summed E-state index contributed by atoms with van der Waals surface area (Å²) in [6.07, 6.45) is 9.00. The summed E-state index contributed by atoms with van der Waals surface area (Å²) in [6.45, 7) is 2.12. The van der Waals surface area contributed by atoms with Crippen LogP contribution in [0.25, 0.3) is 5.69 Å². The summed E-state index contributed by atoms with van der Waals surface area (Å²) in [4.78, 5) is 7.13. The zero-order valence-corrected chi connectivity index (χ0v) is 17.5. The largest absolute Gasteiger partial charge is 0.352 e. The third-order valence-corrected chi connectivity index (χ3v) is 6.58. The van der Waals surface area contributed by atoms with E-state index in [2.05, 4.69) is 81.4 Å². The van der Waals surface area contributed by atoms with E-state index in [1.807, 2.05) is 12.3 Å². The van der Waals surface area contributed by atoms with E-state index < -0.39 is 0 Å². The summed E-state index contributed by atoms with van der Waals surface area (Å²) in [5.41, 5.74) is 4.74. The van der Waals surface area contributed by atoms with Crippen molar-refractivity contribution in [2.24, 2.45) is 0 Å². The van der Waals surface area contributed by atoms with E-state index in [-0.39, 0.29) is 12.1 Å². The average Bonchev–Trinajstić information content (AvgIpc) is 3.48. The second kappa shape index (κ2) is 7.64. The topological polar surface area (TPSA) is 33.1 Å². The molecule has 1 saturated carbocycles. The number of aromatic nitrogens is 2. The zero-order valence-electron chi connectivity index (χ0n) is 16.7. The monoisotopic (exact) mass is 402 g/mol. The lowest BCUT2D eigenvalue weighted by Crippen LogP contribution is -2.38. The molecule has 1 saturated heterocycles. The molecule has 148 valence electrons. The van der Waals surface area contributed by atoms with Gasteiger partial charge < -0.3 is 14.8 Å². The Morgan fingerprint density at radius 1 is 1.00 bits per heavy atom. The highest BCUT2D eigenvalue weighted by molar-refractivity contribution is 7.80. The lowest BCUT2D eigenvalue weighted by Gasteiger charge is -2.33. The predicted octanol–water partition coefficient (Wildman–Crippen LogP) is 5.10. The molecule has 0 unspecified atom stereocenters. The van der Waals surface area contributed by atoms with E-state index in [0.717, 1.165) is 10.8 Å². The third kappa shape index (κ3) is 3.33. The van der Waals surface area contributed by atoms with E-state index >= 15 is 0 Å². The van der Waals surface area contributed by atoms with Gasteiger partial charge in [0.2, 0.25) is 0 Å². The van der Waals surface area contributed by atoms with Gasteiger partial charge in [-0.1, -0.05) is 36.6 Å². The van der Waals surface area contributed by atoms with Crippen LogP contribution < -0.4 is 5.32 Å². The minimum Gasteiger partial charge on any atom is -0.352 e. The van der Waals surface area contributed by atoms with Crippen LogP contribution in [0.1, 0.15) is 54.7 Å². The van der Waals surface area contributed by atoms with E-state index in [1.165, 1.54) is 42.6 Å². The van der Waals surface area contributed by atoms with E-state index in [9.17, 15) is 0 Å². The molecule has 5 heteroatoms. The van der Waals surface area contributed by atoms with Crippen molar-refractivity contribution in [1.29, 1.82) is 0 Å². The molecule has 2 aliphatic rings. The van der Waals surface area contributed by atoms with E-state index in [1.54, 1.807) is 0 Å². The van der Waals surface area contributed by atoms with Gasteiger partial charge in [-0.2, -0.15) is 0 Å². The molecule has 0 bridgehead atoms. The molecular formula is C24H26N4S. The fourth-order valence-corrected chi connectivity index (χ4v) is 5.22. The summed E-state index contributed by atoms with van der Waals surface area (Å²) < 4.78 is 2.30. The van der Waals surface area contributed by atoms with Gasteiger partial charge in [0.05, 0.1) is 17.8 Å². The lowest BCUT2D eigenvalue weighted by atomic mass is 9.99. The highest BCUT2D eigenvalue weighted by Gasteiger charge is 2.44. The van der Waals surface area contributed by atoms with Gasteiger partial charge in [0, 0.05) is 29.8 Å². The molecule has 2 aromatic heterocycles. The van der Waals surface area contributed by atoms with Crippen molar-refractivity contribution in [3.05, 3.63) is 83.9 Å². The Hall–Kier alpha value is -2.66. The Labute approximate surface area is 177 Å². The molecular weight excluding hydrogens is 376 g/mol. The van der Waals surface area contributed by atoms with Crippen molar-refractivity contribution in [3.8, 4) is 5.69 Å². The first-order valence-electron chi connectivity index (χ1n) is 10.5. The van der Waals surface area contributed by atoms with E-state index in [0.29, 0.717) is 6.04 Å². The summed E-state index contributed by atoms with van der Waals surface area (Å²) in [7, 11) is 0. The van der Waals surface area contributed by atoms with Crippen molar-refractivity contribution in [2.45, 2.75) is 50.7 Å². The highest BCUT2D eigenvalue weighted by atomic mass is 32.1. The molecule has 3 aromatic rings. The Morgan fingerprint density at radius 2 is 1.79 bits per heavy atom. The Kier molecular flexibility index (Phi) is 4.84. The van der Waals surface area contributed by atoms with Crippen molar-refractivity contribution in [2.75, 3.05) is 0 Å². The van der Waals surface area contributed by atoms with Crippen LogP contribution in [0.3, 0.4) is 0 Å². The Bertz CT molecular complexity index is 989. The second-order valence-corrected chi connectivity index (χ2v) is 8.50. The number of nitrogens with one attached hydrogen (secondary N) is 1. The van der Waals surface area contributed by atoms with Gasteiger partial charge in [-0.15, -0.1) is 0 Å². The first-order chi connectivity index (χ1) is 14.2. The van der Waals surface area contributed by atoms with Gasteiger partial charge in [-0.25, -0.2) is 0 Å². The van der Waals surface area contributed by atoms with Crippen molar-refractivity contribution < 1.29 is 0 Å². The second-order valence-electron chi connectivity index (χ2n) is 8.11. The minimum absolute atomic E-state index is 0.0448. The normalized spacial score (nSPS) is 22.2. The molecule has 0 spiro atoms. The number of rotatable bonds is 4. The van der Waals surface area contributed by atoms with Crippen LogP contribution in [-0.4, -0.2) is 25.6 Å².